The lowest BCUT2D eigenvalue weighted by atomic mass is 9.97. The van der Waals surface area contributed by atoms with Crippen LogP contribution in [0.25, 0.3) is 0 Å². The van der Waals surface area contributed by atoms with Gasteiger partial charge >= 0.3 is 5.97 Å². The minimum atomic E-state index is -1.16. The number of halogens is 2. The Balaban J connectivity index is 0.000000261. The van der Waals surface area contributed by atoms with Crippen molar-refractivity contribution in [3.63, 3.8) is 0 Å². The summed E-state index contributed by atoms with van der Waals surface area (Å²) >= 11 is 5.64. The number of amides is 2. The summed E-state index contributed by atoms with van der Waals surface area (Å²) in [7, 11) is 1.51. The maximum atomic E-state index is 13.6. The number of nitrogens with zero attached hydrogens (tertiary/aromatic N) is 2. The van der Waals surface area contributed by atoms with Crippen LogP contribution in [0, 0.1) is 5.82 Å². The molecule has 2 aromatic carbocycles. The van der Waals surface area contributed by atoms with Gasteiger partial charge in [-0.1, -0.05) is 17.7 Å². The van der Waals surface area contributed by atoms with Gasteiger partial charge in [0.15, 0.2) is 5.78 Å². The fraction of sp³-hybridized carbons (Fsp3) is 0.125. The van der Waals surface area contributed by atoms with Crippen molar-refractivity contribution in [3.05, 3.63) is 87.8 Å². The highest BCUT2D eigenvalue weighted by atomic mass is 35.5. The summed E-state index contributed by atoms with van der Waals surface area (Å²) in [5, 5.41) is 9.01. The number of ether oxygens (including phenoxy) is 1. The van der Waals surface area contributed by atoms with Crippen molar-refractivity contribution in [1.82, 2.24) is 4.98 Å². The van der Waals surface area contributed by atoms with Gasteiger partial charge in [-0.2, -0.15) is 0 Å². The number of nitrogens with two attached hydrogens (primary N) is 1. The molecule has 180 valence electrons. The number of rotatable bonds is 5. The van der Waals surface area contributed by atoms with Crippen LogP contribution in [0.5, 0.6) is 5.88 Å². The highest BCUT2D eigenvalue weighted by Crippen LogP contribution is 2.30. The first-order valence-electron chi connectivity index (χ1n) is 10.1. The van der Waals surface area contributed by atoms with Crippen molar-refractivity contribution in [2.24, 2.45) is 5.73 Å². The van der Waals surface area contributed by atoms with Gasteiger partial charge in [-0.05, 0) is 42.0 Å². The van der Waals surface area contributed by atoms with E-state index in [2.05, 4.69) is 4.98 Å². The van der Waals surface area contributed by atoms with Crippen LogP contribution in [-0.4, -0.2) is 40.8 Å². The fourth-order valence-electron chi connectivity index (χ4n) is 3.23. The molecule has 11 heteroatoms. The number of carboxylic acids is 1. The van der Waals surface area contributed by atoms with E-state index in [1.54, 1.807) is 18.2 Å². The first kappa shape index (κ1) is 25.3. The Morgan fingerprint density at radius 1 is 1.14 bits per heavy atom. The number of hydrogen-bond acceptors (Lipinski definition) is 6. The summed E-state index contributed by atoms with van der Waals surface area (Å²) in [5.41, 5.74) is 6.33. The number of aromatic nitrogens is 1. The number of methoxy groups -OCH3 is 1. The lowest BCUT2D eigenvalue weighted by Gasteiger charge is -2.29. The van der Waals surface area contributed by atoms with E-state index in [0.29, 0.717) is 22.7 Å². The van der Waals surface area contributed by atoms with Crippen LogP contribution in [0.3, 0.4) is 0 Å². The summed E-state index contributed by atoms with van der Waals surface area (Å²) in [4.78, 5) is 51.0. The SMILES string of the molecule is COc1ccc(C(N)=O)cn1.O=C(O)c1ccc2c(c1)C(=O)CC(=O)N2Cc1ccc(Cl)c(F)c1. The van der Waals surface area contributed by atoms with Gasteiger partial charge in [-0.15, -0.1) is 0 Å². The van der Waals surface area contributed by atoms with Gasteiger partial charge in [0.1, 0.15) is 5.82 Å². The van der Waals surface area contributed by atoms with Crippen LogP contribution in [0.1, 0.15) is 43.1 Å². The molecule has 3 N–H and O–H groups in total. The zero-order chi connectivity index (χ0) is 25.7. The Morgan fingerprint density at radius 3 is 2.43 bits per heavy atom. The molecule has 0 unspecified atom stereocenters. The largest absolute Gasteiger partial charge is 0.481 e. The number of carbonyl (C=O) groups excluding carboxylic acids is 3. The number of pyridine rings is 1. The van der Waals surface area contributed by atoms with Gasteiger partial charge in [0.2, 0.25) is 17.7 Å². The monoisotopic (exact) mass is 499 g/mol. The van der Waals surface area contributed by atoms with Gasteiger partial charge in [-0.3, -0.25) is 14.4 Å². The van der Waals surface area contributed by atoms with E-state index in [0.717, 1.165) is 0 Å². The van der Waals surface area contributed by atoms with E-state index >= 15 is 0 Å². The Bertz CT molecular complexity index is 1310. The third-order valence-corrected chi connectivity index (χ3v) is 5.31. The van der Waals surface area contributed by atoms with E-state index in [1.807, 2.05) is 0 Å². The second-order valence-corrected chi connectivity index (χ2v) is 7.73. The molecular weight excluding hydrogens is 481 g/mol. The molecule has 1 aliphatic rings. The van der Waals surface area contributed by atoms with E-state index in [4.69, 9.17) is 27.2 Å². The van der Waals surface area contributed by atoms with Crippen LogP contribution >= 0.6 is 11.6 Å². The van der Waals surface area contributed by atoms with Crippen LogP contribution in [-0.2, 0) is 11.3 Å². The molecule has 0 bridgehead atoms. The molecule has 9 nitrogen and oxygen atoms in total. The number of ketones is 1. The van der Waals surface area contributed by atoms with E-state index in [-0.39, 0.29) is 29.1 Å². The number of carboxylic acid groups (broad SMARTS) is 1. The molecule has 0 saturated carbocycles. The Labute approximate surface area is 203 Å². The molecule has 2 amide bonds. The van der Waals surface area contributed by atoms with Gasteiger partial charge in [0, 0.05) is 17.8 Å². The van der Waals surface area contributed by atoms with Crippen molar-refractivity contribution < 1.29 is 33.4 Å². The first-order chi connectivity index (χ1) is 16.6. The standard InChI is InChI=1S/C17H11ClFNO4.C7H8N2O2/c18-12-3-1-9(5-13(12)19)8-20-14-4-2-10(17(23)24)6-11(14)15(21)7-16(20)22;1-11-6-3-2-5(4-9-6)7(8)10/h1-6H,7-8H2,(H,23,24);2-4H,1H3,(H2,8,10). The molecule has 35 heavy (non-hydrogen) atoms. The second-order valence-electron chi connectivity index (χ2n) is 7.32. The van der Waals surface area contributed by atoms with Crippen molar-refractivity contribution >= 4 is 40.9 Å². The van der Waals surface area contributed by atoms with E-state index in [9.17, 15) is 23.6 Å². The number of aromatic carboxylic acids is 1. The molecule has 0 aliphatic carbocycles. The smallest absolute Gasteiger partial charge is 0.335 e. The van der Waals surface area contributed by atoms with Crippen LogP contribution in [0.4, 0.5) is 10.1 Å². The zero-order valence-corrected chi connectivity index (χ0v) is 19.1. The van der Waals surface area contributed by atoms with Crippen molar-refractivity contribution in [2.45, 2.75) is 13.0 Å². The average Bonchev–Trinajstić information content (AvgIpc) is 2.84. The molecule has 1 aromatic heterocycles. The number of benzene rings is 2. The number of fused-ring (bicyclic) bond motifs is 1. The maximum absolute atomic E-state index is 13.6. The Hall–Kier alpha value is -4.31. The van der Waals surface area contributed by atoms with Gasteiger partial charge in [-0.25, -0.2) is 14.2 Å². The van der Waals surface area contributed by atoms with Crippen LogP contribution in [0.2, 0.25) is 5.02 Å². The minimum absolute atomic E-state index is 0.0228. The van der Waals surface area contributed by atoms with Crippen LogP contribution < -0.4 is 15.4 Å². The van der Waals surface area contributed by atoms with Gasteiger partial charge in [0.25, 0.3) is 0 Å². The first-order valence-corrected chi connectivity index (χ1v) is 10.4. The molecular formula is C24H19ClFN3O6. The highest BCUT2D eigenvalue weighted by molar-refractivity contribution is 6.30. The summed E-state index contributed by atoms with van der Waals surface area (Å²) in [6, 6.07) is 11.3. The Kier molecular flexibility index (Phi) is 7.77. The van der Waals surface area contributed by atoms with Crippen molar-refractivity contribution in [2.75, 3.05) is 12.0 Å². The highest BCUT2D eigenvalue weighted by Gasteiger charge is 2.30. The fourth-order valence-corrected chi connectivity index (χ4v) is 3.35. The van der Waals surface area contributed by atoms with E-state index < -0.39 is 29.4 Å². The third-order valence-electron chi connectivity index (χ3n) is 5.00. The zero-order valence-electron chi connectivity index (χ0n) is 18.3. The summed E-state index contributed by atoms with van der Waals surface area (Å²) in [6.07, 6.45) is 1.02. The quantitative estimate of drug-likeness (QED) is 0.512. The predicted octanol–water partition coefficient (Wildman–Crippen LogP) is 3.49. The molecule has 0 radical (unpaired) electrons. The average molecular weight is 500 g/mol. The third kappa shape index (κ3) is 5.98. The summed E-state index contributed by atoms with van der Waals surface area (Å²) < 4.78 is 18.4. The molecule has 0 fully saturated rings. The summed E-state index contributed by atoms with van der Waals surface area (Å²) in [6.45, 7) is 0.0552. The maximum Gasteiger partial charge on any atom is 0.335 e. The number of carbonyl (C=O) groups is 4. The molecule has 3 aromatic rings. The number of hydrogen-bond donors (Lipinski definition) is 2. The van der Waals surface area contributed by atoms with Gasteiger partial charge < -0.3 is 20.5 Å². The molecule has 0 saturated heterocycles. The second kappa shape index (κ2) is 10.7. The lowest BCUT2D eigenvalue weighted by Crippen LogP contribution is -2.37. The minimum Gasteiger partial charge on any atom is -0.481 e. The topological polar surface area (TPSA) is 140 Å². The number of primary amides is 1. The molecule has 2 heterocycles. The van der Waals surface area contributed by atoms with Gasteiger partial charge in [0.05, 0.1) is 41.9 Å². The summed E-state index contributed by atoms with van der Waals surface area (Å²) in [5.74, 6) is -2.64. The van der Waals surface area contributed by atoms with Crippen molar-refractivity contribution in [3.8, 4) is 5.88 Å². The predicted molar refractivity (Wildman–Crippen MR) is 124 cm³/mol. The molecule has 1 aliphatic heterocycles. The molecule has 0 atom stereocenters. The Morgan fingerprint density at radius 2 is 1.86 bits per heavy atom. The van der Waals surface area contributed by atoms with E-state index in [1.165, 1.54) is 48.5 Å². The van der Waals surface area contributed by atoms with Crippen LogP contribution in [0.15, 0.2) is 54.7 Å². The normalized spacial score (nSPS) is 12.4. The van der Waals surface area contributed by atoms with Crippen molar-refractivity contribution in [1.29, 1.82) is 0 Å². The number of Topliss-reactive ketones (excluding diaryl/α,β-unsaturated/α-hetero) is 1. The molecule has 4 rings (SSSR count). The lowest BCUT2D eigenvalue weighted by molar-refractivity contribution is -0.118. The number of anilines is 1. The molecule has 0 spiro atoms.